The topological polar surface area (TPSA) is 61.3 Å². The third-order valence-electron chi connectivity index (χ3n) is 3.85. The molecule has 1 aliphatic heterocycles. The molecule has 0 saturated carbocycles. The minimum absolute atomic E-state index is 0.177. The van der Waals surface area contributed by atoms with Crippen molar-refractivity contribution in [2.45, 2.75) is 25.4 Å². The van der Waals surface area contributed by atoms with Crippen LogP contribution in [-0.2, 0) is 6.54 Å². The number of nitrogens with zero attached hydrogens (tertiary/aromatic N) is 3. The molecular formula is C16H20N4O. The van der Waals surface area contributed by atoms with Gasteiger partial charge in [0.2, 0.25) is 0 Å². The highest BCUT2D eigenvalue weighted by Gasteiger charge is 2.25. The summed E-state index contributed by atoms with van der Waals surface area (Å²) in [6.07, 6.45) is 3.70. The molecule has 5 heteroatoms. The number of aliphatic hydroxyl groups is 1. The molecule has 3 rings (SSSR count). The predicted octanol–water partition coefficient (Wildman–Crippen LogP) is 2.05. The Kier molecular flexibility index (Phi) is 4.31. The second kappa shape index (κ2) is 6.54. The van der Waals surface area contributed by atoms with E-state index in [4.69, 9.17) is 0 Å². The molecule has 0 spiro atoms. The summed E-state index contributed by atoms with van der Waals surface area (Å²) in [5.74, 6) is 1.70. The Balaban J connectivity index is 1.68. The van der Waals surface area contributed by atoms with Crippen molar-refractivity contribution in [3.05, 3.63) is 48.3 Å². The summed E-state index contributed by atoms with van der Waals surface area (Å²) in [6, 6.07) is 12.4. The Hall–Kier alpha value is -2.14. The zero-order valence-electron chi connectivity index (χ0n) is 11.9. The van der Waals surface area contributed by atoms with Gasteiger partial charge in [0.05, 0.1) is 12.6 Å². The van der Waals surface area contributed by atoms with Crippen molar-refractivity contribution in [3.63, 3.8) is 0 Å². The molecule has 0 aliphatic carbocycles. The van der Waals surface area contributed by atoms with Crippen molar-refractivity contribution in [1.82, 2.24) is 9.97 Å². The van der Waals surface area contributed by atoms with Crippen LogP contribution in [0.4, 0.5) is 11.6 Å². The Morgan fingerprint density at radius 1 is 1.24 bits per heavy atom. The van der Waals surface area contributed by atoms with Gasteiger partial charge in [-0.15, -0.1) is 0 Å². The zero-order valence-corrected chi connectivity index (χ0v) is 11.9. The fourth-order valence-corrected chi connectivity index (χ4v) is 2.72. The highest BCUT2D eigenvalue weighted by Crippen LogP contribution is 2.24. The van der Waals surface area contributed by atoms with Crippen LogP contribution in [0.5, 0.6) is 0 Å². The number of hydrogen-bond acceptors (Lipinski definition) is 5. The number of anilines is 2. The molecule has 5 nitrogen and oxygen atoms in total. The van der Waals surface area contributed by atoms with Gasteiger partial charge in [0, 0.05) is 19.2 Å². The maximum atomic E-state index is 9.42. The van der Waals surface area contributed by atoms with Crippen molar-refractivity contribution < 1.29 is 5.11 Å². The summed E-state index contributed by atoms with van der Waals surface area (Å²) in [4.78, 5) is 10.8. The van der Waals surface area contributed by atoms with Crippen molar-refractivity contribution in [3.8, 4) is 0 Å². The van der Waals surface area contributed by atoms with Gasteiger partial charge in [-0.1, -0.05) is 30.3 Å². The van der Waals surface area contributed by atoms with Crippen LogP contribution < -0.4 is 10.2 Å². The Labute approximate surface area is 124 Å². The van der Waals surface area contributed by atoms with Crippen LogP contribution in [0.15, 0.2) is 42.7 Å². The average Bonchev–Trinajstić information content (AvgIpc) is 3.03. The number of benzene rings is 1. The van der Waals surface area contributed by atoms with Crippen LogP contribution in [0.2, 0.25) is 0 Å². The zero-order chi connectivity index (χ0) is 14.5. The van der Waals surface area contributed by atoms with E-state index in [9.17, 15) is 5.11 Å². The molecule has 1 atom stereocenters. The minimum atomic E-state index is 0.177. The van der Waals surface area contributed by atoms with Gasteiger partial charge in [-0.25, -0.2) is 9.97 Å². The first kappa shape index (κ1) is 13.8. The minimum Gasteiger partial charge on any atom is -0.394 e. The van der Waals surface area contributed by atoms with Gasteiger partial charge >= 0.3 is 0 Å². The van der Waals surface area contributed by atoms with E-state index in [-0.39, 0.29) is 12.6 Å². The molecule has 0 radical (unpaired) electrons. The standard InChI is InChI=1S/C16H20N4O/c21-11-14-7-4-8-20(14)16-9-15(18-12-19-16)17-10-13-5-2-1-3-6-13/h1-3,5-6,9,12,14,21H,4,7-8,10-11H2,(H,17,18,19). The van der Waals surface area contributed by atoms with Crippen molar-refractivity contribution >= 4 is 11.6 Å². The number of aromatic nitrogens is 2. The van der Waals surface area contributed by atoms with E-state index >= 15 is 0 Å². The van der Waals surface area contributed by atoms with E-state index in [0.29, 0.717) is 0 Å². The smallest absolute Gasteiger partial charge is 0.134 e. The highest BCUT2D eigenvalue weighted by atomic mass is 16.3. The summed E-state index contributed by atoms with van der Waals surface area (Å²) in [5.41, 5.74) is 1.21. The van der Waals surface area contributed by atoms with Gasteiger partial charge in [-0.2, -0.15) is 0 Å². The lowest BCUT2D eigenvalue weighted by Crippen LogP contribution is -2.32. The summed E-state index contributed by atoms with van der Waals surface area (Å²) in [7, 11) is 0. The highest BCUT2D eigenvalue weighted by molar-refractivity contribution is 5.50. The molecule has 0 bridgehead atoms. The molecule has 1 aromatic heterocycles. The Bertz CT molecular complexity index is 575. The molecule has 1 saturated heterocycles. The second-order valence-electron chi connectivity index (χ2n) is 5.27. The Morgan fingerprint density at radius 3 is 2.90 bits per heavy atom. The average molecular weight is 284 g/mol. The van der Waals surface area contributed by atoms with Crippen LogP contribution in [0, 0.1) is 0 Å². The third kappa shape index (κ3) is 3.31. The largest absolute Gasteiger partial charge is 0.394 e. The second-order valence-corrected chi connectivity index (χ2v) is 5.27. The maximum absolute atomic E-state index is 9.42. The van der Waals surface area contributed by atoms with Crippen LogP contribution in [0.1, 0.15) is 18.4 Å². The molecule has 1 aliphatic rings. The third-order valence-corrected chi connectivity index (χ3v) is 3.85. The first-order chi connectivity index (χ1) is 10.4. The van der Waals surface area contributed by atoms with Gasteiger partial charge in [-0.05, 0) is 18.4 Å². The first-order valence-corrected chi connectivity index (χ1v) is 7.34. The lowest BCUT2D eigenvalue weighted by Gasteiger charge is -2.24. The monoisotopic (exact) mass is 284 g/mol. The summed E-state index contributed by atoms with van der Waals surface area (Å²) >= 11 is 0. The summed E-state index contributed by atoms with van der Waals surface area (Å²) in [5, 5.41) is 12.7. The molecule has 1 unspecified atom stereocenters. The number of hydrogen-bond donors (Lipinski definition) is 2. The summed E-state index contributed by atoms with van der Waals surface area (Å²) < 4.78 is 0. The first-order valence-electron chi connectivity index (χ1n) is 7.34. The summed E-state index contributed by atoms with van der Waals surface area (Å²) in [6.45, 7) is 1.86. The van der Waals surface area contributed by atoms with Crippen molar-refractivity contribution in [2.75, 3.05) is 23.4 Å². The molecule has 2 N–H and O–H groups in total. The predicted molar refractivity (Wildman–Crippen MR) is 83.3 cm³/mol. The van der Waals surface area contributed by atoms with E-state index in [1.165, 1.54) is 5.56 Å². The molecule has 1 fully saturated rings. The van der Waals surface area contributed by atoms with E-state index in [0.717, 1.165) is 37.6 Å². The van der Waals surface area contributed by atoms with E-state index in [2.05, 4.69) is 32.3 Å². The fourth-order valence-electron chi connectivity index (χ4n) is 2.72. The molecule has 0 amide bonds. The van der Waals surface area contributed by atoms with Gasteiger partial charge in [0.1, 0.15) is 18.0 Å². The molecular weight excluding hydrogens is 264 g/mol. The Morgan fingerprint density at radius 2 is 2.10 bits per heavy atom. The van der Waals surface area contributed by atoms with E-state index < -0.39 is 0 Å². The SMILES string of the molecule is OCC1CCCN1c1cc(NCc2ccccc2)ncn1. The quantitative estimate of drug-likeness (QED) is 0.880. The van der Waals surface area contributed by atoms with Crippen LogP contribution in [-0.4, -0.2) is 34.3 Å². The lowest BCUT2D eigenvalue weighted by atomic mass is 10.2. The van der Waals surface area contributed by atoms with Crippen LogP contribution in [0.3, 0.4) is 0 Å². The normalized spacial score (nSPS) is 18.0. The van der Waals surface area contributed by atoms with Crippen molar-refractivity contribution in [1.29, 1.82) is 0 Å². The van der Waals surface area contributed by atoms with Gasteiger partial charge in [0.25, 0.3) is 0 Å². The number of rotatable bonds is 5. The van der Waals surface area contributed by atoms with Crippen LogP contribution in [0.25, 0.3) is 0 Å². The fraction of sp³-hybridized carbons (Fsp3) is 0.375. The lowest BCUT2D eigenvalue weighted by molar-refractivity contribution is 0.266. The van der Waals surface area contributed by atoms with Gasteiger partial charge in [0.15, 0.2) is 0 Å². The van der Waals surface area contributed by atoms with E-state index in [1.54, 1.807) is 6.33 Å². The molecule has 2 heterocycles. The molecule has 2 aromatic rings. The van der Waals surface area contributed by atoms with Gasteiger partial charge < -0.3 is 15.3 Å². The molecule has 110 valence electrons. The van der Waals surface area contributed by atoms with Crippen LogP contribution >= 0.6 is 0 Å². The number of aliphatic hydroxyl groups excluding tert-OH is 1. The molecule has 1 aromatic carbocycles. The maximum Gasteiger partial charge on any atom is 0.134 e. The van der Waals surface area contributed by atoms with Gasteiger partial charge in [-0.3, -0.25) is 0 Å². The van der Waals surface area contributed by atoms with Crippen molar-refractivity contribution in [2.24, 2.45) is 0 Å². The number of nitrogens with one attached hydrogen (secondary N) is 1. The molecule has 21 heavy (non-hydrogen) atoms. The van der Waals surface area contributed by atoms with E-state index in [1.807, 2.05) is 24.3 Å².